The van der Waals surface area contributed by atoms with E-state index in [2.05, 4.69) is 33.6 Å². The van der Waals surface area contributed by atoms with E-state index in [9.17, 15) is 13.2 Å². The number of aryl methyl sites for hydroxylation is 1. The van der Waals surface area contributed by atoms with Crippen molar-refractivity contribution in [1.82, 2.24) is 24.1 Å². The number of rotatable bonds is 9. The van der Waals surface area contributed by atoms with Crippen molar-refractivity contribution in [2.45, 2.75) is 70.2 Å². The molecule has 1 saturated carbocycles. The highest BCUT2D eigenvalue weighted by Gasteiger charge is 2.32. The number of aromatic nitrogens is 2. The molecular weight excluding hydrogens is 450 g/mol. The molecule has 2 fully saturated rings. The highest BCUT2D eigenvalue weighted by Crippen LogP contribution is 2.34. The molecule has 1 saturated heterocycles. The molecule has 0 unspecified atom stereocenters. The molecule has 1 aromatic heterocycles. The Bertz CT molecular complexity index is 1100. The summed E-state index contributed by atoms with van der Waals surface area (Å²) in [6, 6.07) is 5.81. The molecule has 2 aliphatic rings. The molecule has 0 radical (unpaired) electrons. The number of carbonyl (C=O) groups is 1. The number of piperidine rings is 1. The van der Waals surface area contributed by atoms with Crippen LogP contribution in [0.3, 0.4) is 0 Å². The summed E-state index contributed by atoms with van der Waals surface area (Å²) >= 11 is 0. The van der Waals surface area contributed by atoms with E-state index in [1.54, 1.807) is 12.1 Å². The van der Waals surface area contributed by atoms with Crippen LogP contribution >= 0.6 is 0 Å². The van der Waals surface area contributed by atoms with E-state index >= 15 is 0 Å². The molecule has 1 aliphatic carbocycles. The number of amides is 1. The summed E-state index contributed by atoms with van der Waals surface area (Å²) in [6.07, 6.45) is 5.89. The smallest absolute Gasteiger partial charge is 0.243 e. The lowest BCUT2D eigenvalue weighted by Gasteiger charge is -2.30. The van der Waals surface area contributed by atoms with Crippen molar-refractivity contribution in [2.24, 2.45) is 5.92 Å². The Labute approximate surface area is 203 Å². The zero-order valence-electron chi connectivity index (χ0n) is 20.8. The lowest BCUT2D eigenvalue weighted by molar-refractivity contribution is -0.126. The SMILES string of the molecule is CCN(CC)CCNC(=O)C1CCN(S(=O)(=O)c2ccc3c(c2)nc(C)n3C2CCCC2)CC1. The van der Waals surface area contributed by atoms with E-state index in [1.807, 2.05) is 13.0 Å². The number of nitrogens with zero attached hydrogens (tertiary/aromatic N) is 4. The highest BCUT2D eigenvalue weighted by atomic mass is 32.2. The van der Waals surface area contributed by atoms with Crippen LogP contribution in [0.1, 0.15) is 64.2 Å². The van der Waals surface area contributed by atoms with Gasteiger partial charge >= 0.3 is 0 Å². The van der Waals surface area contributed by atoms with Gasteiger partial charge in [0.05, 0.1) is 15.9 Å². The average Bonchev–Trinajstić information content (AvgIpc) is 3.48. The number of likely N-dealkylation sites (N-methyl/N-ethyl adjacent to an activating group) is 1. The monoisotopic (exact) mass is 489 g/mol. The van der Waals surface area contributed by atoms with Crippen molar-refractivity contribution in [3.8, 4) is 0 Å². The maximum absolute atomic E-state index is 13.4. The molecule has 1 aliphatic heterocycles. The Morgan fingerprint density at radius 1 is 1.12 bits per heavy atom. The zero-order valence-corrected chi connectivity index (χ0v) is 21.6. The van der Waals surface area contributed by atoms with Gasteiger partial charge in [-0.1, -0.05) is 26.7 Å². The third-order valence-electron chi connectivity index (χ3n) is 7.61. The standard InChI is InChI=1S/C25H39N5O3S/c1-4-28(5-2)17-14-26-25(31)20-12-15-29(16-13-20)34(32,33)22-10-11-24-23(18-22)27-19(3)30(24)21-8-6-7-9-21/h10-11,18,20-21H,4-9,12-17H2,1-3H3,(H,26,31). The molecule has 0 atom stereocenters. The predicted molar refractivity (Wildman–Crippen MR) is 134 cm³/mol. The third kappa shape index (κ3) is 5.16. The highest BCUT2D eigenvalue weighted by molar-refractivity contribution is 7.89. The molecular formula is C25H39N5O3S. The fraction of sp³-hybridized carbons (Fsp3) is 0.680. The van der Waals surface area contributed by atoms with Crippen LogP contribution in [0.25, 0.3) is 11.0 Å². The summed E-state index contributed by atoms with van der Waals surface area (Å²) in [6.45, 7) is 10.4. The summed E-state index contributed by atoms with van der Waals surface area (Å²) in [5, 5.41) is 3.03. The lowest BCUT2D eigenvalue weighted by atomic mass is 9.97. The van der Waals surface area contributed by atoms with E-state index in [0.717, 1.165) is 49.3 Å². The normalized spacial score (nSPS) is 18.8. The molecule has 1 amide bonds. The topological polar surface area (TPSA) is 87.5 Å². The molecule has 34 heavy (non-hydrogen) atoms. The molecule has 4 rings (SSSR count). The first-order valence-corrected chi connectivity index (χ1v) is 14.3. The first-order chi connectivity index (χ1) is 16.3. The van der Waals surface area contributed by atoms with Crippen molar-refractivity contribution in [3.05, 3.63) is 24.0 Å². The van der Waals surface area contributed by atoms with Crippen molar-refractivity contribution >= 4 is 27.0 Å². The van der Waals surface area contributed by atoms with Gasteiger partial charge in [0.15, 0.2) is 0 Å². The van der Waals surface area contributed by atoms with Crippen LogP contribution in [-0.4, -0.2) is 72.3 Å². The Balaban J connectivity index is 1.39. The van der Waals surface area contributed by atoms with Gasteiger partial charge in [-0.15, -0.1) is 0 Å². The number of hydrogen-bond acceptors (Lipinski definition) is 5. The van der Waals surface area contributed by atoms with Gasteiger partial charge < -0.3 is 14.8 Å². The molecule has 9 heteroatoms. The van der Waals surface area contributed by atoms with Gasteiger partial charge in [0, 0.05) is 38.1 Å². The summed E-state index contributed by atoms with van der Waals surface area (Å²) < 4.78 is 30.5. The predicted octanol–water partition coefficient (Wildman–Crippen LogP) is 3.32. The van der Waals surface area contributed by atoms with Crippen LogP contribution < -0.4 is 5.32 Å². The fourth-order valence-electron chi connectivity index (χ4n) is 5.51. The van der Waals surface area contributed by atoms with Crippen molar-refractivity contribution in [2.75, 3.05) is 39.3 Å². The molecule has 2 aromatic rings. The molecule has 1 aromatic carbocycles. The van der Waals surface area contributed by atoms with Crippen LogP contribution in [0.4, 0.5) is 0 Å². The summed E-state index contributed by atoms with van der Waals surface area (Å²) in [5.41, 5.74) is 1.76. The van der Waals surface area contributed by atoms with Gasteiger partial charge in [0.2, 0.25) is 15.9 Å². The molecule has 0 bridgehead atoms. The van der Waals surface area contributed by atoms with Crippen LogP contribution in [0.15, 0.2) is 23.1 Å². The minimum atomic E-state index is -3.61. The Hall–Kier alpha value is -1.97. The largest absolute Gasteiger partial charge is 0.355 e. The molecule has 0 spiro atoms. The average molecular weight is 490 g/mol. The molecule has 1 N–H and O–H groups in total. The van der Waals surface area contributed by atoms with Crippen molar-refractivity contribution < 1.29 is 13.2 Å². The van der Waals surface area contributed by atoms with Gasteiger partial charge in [-0.05, 0) is 63.9 Å². The minimum absolute atomic E-state index is 0.0403. The Morgan fingerprint density at radius 3 is 2.44 bits per heavy atom. The van der Waals surface area contributed by atoms with Gasteiger partial charge in [0.1, 0.15) is 5.82 Å². The lowest BCUT2D eigenvalue weighted by Crippen LogP contribution is -2.44. The number of hydrogen-bond donors (Lipinski definition) is 1. The van der Waals surface area contributed by atoms with Gasteiger partial charge in [-0.3, -0.25) is 4.79 Å². The van der Waals surface area contributed by atoms with Crippen LogP contribution in [0, 0.1) is 12.8 Å². The number of sulfonamides is 1. The summed E-state index contributed by atoms with van der Waals surface area (Å²) in [4.78, 5) is 19.8. The fourth-order valence-corrected chi connectivity index (χ4v) is 7.00. The number of fused-ring (bicyclic) bond motifs is 1. The number of imidazole rings is 1. The maximum atomic E-state index is 13.4. The minimum Gasteiger partial charge on any atom is -0.355 e. The Kier molecular flexibility index (Phi) is 7.94. The van der Waals surface area contributed by atoms with E-state index in [-0.39, 0.29) is 16.7 Å². The van der Waals surface area contributed by atoms with Crippen LogP contribution in [0.5, 0.6) is 0 Å². The third-order valence-corrected chi connectivity index (χ3v) is 9.51. The second kappa shape index (κ2) is 10.7. The van der Waals surface area contributed by atoms with Crippen LogP contribution in [-0.2, 0) is 14.8 Å². The molecule has 2 heterocycles. The first kappa shape index (κ1) is 25.1. The molecule has 188 valence electrons. The summed E-state index contributed by atoms with van der Waals surface area (Å²) in [5.74, 6) is 0.859. The van der Waals surface area contributed by atoms with E-state index < -0.39 is 10.0 Å². The van der Waals surface area contributed by atoms with Gasteiger partial charge in [0.25, 0.3) is 0 Å². The van der Waals surface area contributed by atoms with E-state index in [1.165, 1.54) is 17.1 Å². The number of carbonyl (C=O) groups excluding carboxylic acids is 1. The second-order valence-electron chi connectivity index (χ2n) is 9.61. The van der Waals surface area contributed by atoms with Crippen molar-refractivity contribution in [3.63, 3.8) is 0 Å². The van der Waals surface area contributed by atoms with Gasteiger partial charge in [-0.25, -0.2) is 13.4 Å². The Morgan fingerprint density at radius 2 is 1.79 bits per heavy atom. The maximum Gasteiger partial charge on any atom is 0.243 e. The molecule has 8 nitrogen and oxygen atoms in total. The number of nitrogens with one attached hydrogen (secondary N) is 1. The quantitative estimate of drug-likeness (QED) is 0.584. The van der Waals surface area contributed by atoms with E-state index in [4.69, 9.17) is 0 Å². The van der Waals surface area contributed by atoms with Crippen molar-refractivity contribution in [1.29, 1.82) is 0 Å². The van der Waals surface area contributed by atoms with E-state index in [0.29, 0.717) is 38.5 Å². The first-order valence-electron chi connectivity index (χ1n) is 12.8. The zero-order chi connectivity index (χ0) is 24.3. The van der Waals surface area contributed by atoms with Gasteiger partial charge in [-0.2, -0.15) is 4.31 Å². The second-order valence-corrected chi connectivity index (χ2v) is 11.6. The summed E-state index contributed by atoms with van der Waals surface area (Å²) in [7, 11) is -3.61. The van der Waals surface area contributed by atoms with Crippen LogP contribution in [0.2, 0.25) is 0 Å². The number of benzene rings is 1.